The van der Waals surface area contributed by atoms with Crippen LogP contribution in [0.2, 0.25) is 0 Å². The van der Waals surface area contributed by atoms with Crippen molar-refractivity contribution in [2.45, 2.75) is 6.18 Å². The highest BCUT2D eigenvalue weighted by Crippen LogP contribution is 2.33. The number of carbonyl (C=O) groups is 1. The van der Waals surface area contributed by atoms with Crippen molar-refractivity contribution in [2.24, 2.45) is 0 Å². The Morgan fingerprint density at radius 2 is 1.76 bits per heavy atom. The average Bonchev–Trinajstić information content (AvgIpc) is 2.72. The first-order valence-corrected chi connectivity index (χ1v) is 8.98. The quantitative estimate of drug-likeness (QED) is 0.721. The van der Waals surface area contributed by atoms with E-state index in [0.29, 0.717) is 42.8 Å². The van der Waals surface area contributed by atoms with Gasteiger partial charge in [-0.3, -0.25) is 0 Å². The second-order valence-corrected chi connectivity index (χ2v) is 6.74. The van der Waals surface area contributed by atoms with Crippen molar-refractivity contribution in [3.8, 4) is 0 Å². The Morgan fingerprint density at radius 1 is 1.03 bits per heavy atom. The first-order chi connectivity index (χ1) is 13.8. The van der Waals surface area contributed by atoms with Crippen molar-refractivity contribution >= 4 is 28.2 Å². The number of nitrogens with zero attached hydrogens (tertiary/aromatic N) is 4. The molecule has 150 valence electrons. The molecule has 0 bridgehead atoms. The van der Waals surface area contributed by atoms with Crippen molar-refractivity contribution in [1.82, 2.24) is 9.97 Å². The molecule has 0 unspecified atom stereocenters. The third-order valence-corrected chi connectivity index (χ3v) is 5.04. The minimum absolute atomic E-state index is 0.105. The lowest BCUT2D eigenvalue weighted by molar-refractivity contribution is -0.137. The Morgan fingerprint density at radius 3 is 2.45 bits per heavy atom. The number of aromatic carboxylic acids is 1. The maximum absolute atomic E-state index is 13.0. The summed E-state index contributed by atoms with van der Waals surface area (Å²) in [5.74, 6) is -1.06. The Labute approximate surface area is 164 Å². The number of piperazine rings is 1. The Bertz CT molecular complexity index is 1060. The summed E-state index contributed by atoms with van der Waals surface area (Å²) in [4.78, 5) is 23.6. The van der Waals surface area contributed by atoms with E-state index < -0.39 is 17.7 Å². The third kappa shape index (κ3) is 3.67. The zero-order chi connectivity index (χ0) is 20.6. The van der Waals surface area contributed by atoms with E-state index in [1.807, 2.05) is 4.90 Å². The summed E-state index contributed by atoms with van der Waals surface area (Å²) in [6.07, 6.45) is -1.48. The summed E-state index contributed by atoms with van der Waals surface area (Å²) in [6.45, 7) is 2.23. The van der Waals surface area contributed by atoms with Crippen LogP contribution in [0, 0.1) is 0 Å². The van der Waals surface area contributed by atoms with Gasteiger partial charge in [0.15, 0.2) is 0 Å². The van der Waals surface area contributed by atoms with E-state index in [0.717, 1.165) is 11.8 Å². The Balaban J connectivity index is 1.57. The molecular formula is C20H17F3N4O2. The zero-order valence-corrected chi connectivity index (χ0v) is 15.2. The Hall–Kier alpha value is -3.36. The van der Waals surface area contributed by atoms with E-state index in [9.17, 15) is 23.1 Å². The lowest BCUT2D eigenvalue weighted by atomic mass is 10.1. The van der Waals surface area contributed by atoms with Gasteiger partial charge >= 0.3 is 12.1 Å². The molecule has 0 saturated carbocycles. The molecule has 6 nitrogen and oxygen atoms in total. The summed E-state index contributed by atoms with van der Waals surface area (Å²) < 4.78 is 38.9. The minimum Gasteiger partial charge on any atom is -0.478 e. The van der Waals surface area contributed by atoms with Gasteiger partial charge in [-0.1, -0.05) is 6.07 Å². The monoisotopic (exact) mass is 402 g/mol. The predicted molar refractivity (Wildman–Crippen MR) is 102 cm³/mol. The predicted octanol–water partition coefficient (Wildman–Crippen LogP) is 3.67. The van der Waals surface area contributed by atoms with E-state index in [4.69, 9.17) is 0 Å². The summed E-state index contributed by atoms with van der Waals surface area (Å²) >= 11 is 0. The first-order valence-electron chi connectivity index (χ1n) is 8.98. The van der Waals surface area contributed by atoms with Crippen LogP contribution in [-0.4, -0.2) is 47.2 Å². The largest absolute Gasteiger partial charge is 0.478 e. The van der Waals surface area contributed by atoms with Gasteiger partial charge in [0, 0.05) is 49.1 Å². The van der Waals surface area contributed by atoms with Crippen molar-refractivity contribution in [3.63, 3.8) is 0 Å². The van der Waals surface area contributed by atoms with E-state index in [-0.39, 0.29) is 5.56 Å². The second kappa shape index (κ2) is 7.23. The number of benzene rings is 2. The zero-order valence-electron chi connectivity index (χ0n) is 15.2. The molecular weight excluding hydrogens is 385 g/mol. The molecule has 3 aromatic rings. The van der Waals surface area contributed by atoms with E-state index in [2.05, 4.69) is 14.9 Å². The van der Waals surface area contributed by atoms with Gasteiger partial charge in [-0.25, -0.2) is 14.8 Å². The first kappa shape index (κ1) is 19.0. The number of aromatic nitrogens is 2. The van der Waals surface area contributed by atoms with Crippen LogP contribution in [-0.2, 0) is 6.18 Å². The normalized spacial score (nSPS) is 15.0. The fourth-order valence-electron chi connectivity index (χ4n) is 3.60. The number of rotatable bonds is 3. The maximum Gasteiger partial charge on any atom is 0.416 e. The summed E-state index contributed by atoms with van der Waals surface area (Å²) in [5.41, 5.74) is 1.16. The molecule has 2 aromatic carbocycles. The molecule has 0 radical (unpaired) electrons. The van der Waals surface area contributed by atoms with Crippen LogP contribution in [0.5, 0.6) is 0 Å². The molecule has 1 N–H and O–H groups in total. The summed E-state index contributed by atoms with van der Waals surface area (Å²) in [6, 6.07) is 8.58. The molecule has 0 atom stereocenters. The minimum atomic E-state index is -4.37. The van der Waals surface area contributed by atoms with E-state index >= 15 is 0 Å². The molecule has 0 aliphatic carbocycles. The number of hydrogen-bond donors (Lipinski definition) is 1. The van der Waals surface area contributed by atoms with Crippen LogP contribution in [0.1, 0.15) is 15.9 Å². The molecule has 0 amide bonds. The van der Waals surface area contributed by atoms with Gasteiger partial charge in [-0.2, -0.15) is 13.2 Å². The molecule has 29 heavy (non-hydrogen) atoms. The van der Waals surface area contributed by atoms with Crippen LogP contribution in [0.4, 0.5) is 24.5 Å². The number of halogens is 3. The van der Waals surface area contributed by atoms with Crippen molar-refractivity contribution in [2.75, 3.05) is 36.0 Å². The number of alkyl halides is 3. The molecule has 4 rings (SSSR count). The fraction of sp³-hybridized carbons (Fsp3) is 0.250. The molecule has 9 heteroatoms. The molecule has 2 heterocycles. The molecule has 1 aliphatic rings. The van der Waals surface area contributed by atoms with Crippen molar-refractivity contribution < 1.29 is 23.1 Å². The smallest absolute Gasteiger partial charge is 0.416 e. The molecule has 1 fully saturated rings. The van der Waals surface area contributed by atoms with Gasteiger partial charge in [-0.05, 0) is 30.3 Å². The average molecular weight is 402 g/mol. The lowest BCUT2D eigenvalue weighted by Gasteiger charge is -2.38. The standard InChI is InChI=1S/C20H17F3N4O2/c21-20(22,23)13-2-1-3-14(10-13)26-6-8-27(9-7-26)17-5-4-15(19(28)29)18-16(17)11-24-12-25-18/h1-5,10-12H,6-9H2,(H,28,29). The van der Waals surface area contributed by atoms with Crippen LogP contribution in [0.3, 0.4) is 0 Å². The highest BCUT2D eigenvalue weighted by atomic mass is 19.4. The van der Waals surface area contributed by atoms with Gasteiger partial charge in [0.1, 0.15) is 6.33 Å². The van der Waals surface area contributed by atoms with Gasteiger partial charge < -0.3 is 14.9 Å². The highest BCUT2D eigenvalue weighted by molar-refractivity contribution is 6.05. The topological polar surface area (TPSA) is 69.6 Å². The lowest BCUT2D eigenvalue weighted by Crippen LogP contribution is -2.46. The second-order valence-electron chi connectivity index (χ2n) is 6.74. The van der Waals surface area contributed by atoms with Crippen molar-refractivity contribution in [3.05, 3.63) is 60.0 Å². The molecule has 0 spiro atoms. The number of carboxylic acid groups (broad SMARTS) is 1. The summed E-state index contributed by atoms with van der Waals surface area (Å²) in [7, 11) is 0. The van der Waals surface area contributed by atoms with Gasteiger partial charge in [0.05, 0.1) is 16.6 Å². The SMILES string of the molecule is O=C(O)c1ccc(N2CCN(c3cccc(C(F)(F)F)c3)CC2)c2cncnc12. The fourth-order valence-corrected chi connectivity index (χ4v) is 3.60. The third-order valence-electron chi connectivity index (χ3n) is 5.04. The Kier molecular flexibility index (Phi) is 4.73. The van der Waals surface area contributed by atoms with Gasteiger partial charge in [0.25, 0.3) is 0 Å². The van der Waals surface area contributed by atoms with Crippen LogP contribution in [0.15, 0.2) is 48.9 Å². The van der Waals surface area contributed by atoms with Crippen LogP contribution < -0.4 is 9.80 Å². The molecule has 1 saturated heterocycles. The number of carboxylic acids is 1. The number of anilines is 2. The summed E-state index contributed by atoms with van der Waals surface area (Å²) in [5, 5.41) is 10.0. The highest BCUT2D eigenvalue weighted by Gasteiger charge is 2.31. The maximum atomic E-state index is 13.0. The van der Waals surface area contributed by atoms with E-state index in [1.54, 1.807) is 18.3 Å². The van der Waals surface area contributed by atoms with E-state index in [1.165, 1.54) is 24.5 Å². The van der Waals surface area contributed by atoms with Crippen LogP contribution >= 0.6 is 0 Å². The number of fused-ring (bicyclic) bond motifs is 1. The molecule has 1 aromatic heterocycles. The van der Waals surface area contributed by atoms with Gasteiger partial charge in [0.2, 0.25) is 0 Å². The molecule has 1 aliphatic heterocycles. The number of hydrogen-bond acceptors (Lipinski definition) is 5. The van der Waals surface area contributed by atoms with Gasteiger partial charge in [-0.15, -0.1) is 0 Å². The van der Waals surface area contributed by atoms with Crippen LogP contribution in [0.25, 0.3) is 10.9 Å². The van der Waals surface area contributed by atoms with Crippen molar-refractivity contribution in [1.29, 1.82) is 0 Å².